The van der Waals surface area contributed by atoms with Crippen LogP contribution in [0.1, 0.15) is 29.2 Å². The summed E-state index contributed by atoms with van der Waals surface area (Å²) in [5, 5.41) is 2.82. The molecule has 3 aromatic carbocycles. The third-order valence-corrected chi connectivity index (χ3v) is 5.48. The molecule has 34 heavy (non-hydrogen) atoms. The lowest BCUT2D eigenvalue weighted by Gasteiger charge is -2.31. The third-order valence-electron chi connectivity index (χ3n) is 5.48. The van der Waals surface area contributed by atoms with Crippen molar-refractivity contribution in [3.05, 3.63) is 101 Å². The highest BCUT2D eigenvalue weighted by Crippen LogP contribution is 2.19. The van der Waals surface area contributed by atoms with Crippen LogP contribution in [0.15, 0.2) is 72.8 Å². The lowest BCUT2D eigenvalue weighted by atomic mass is 10.0. The van der Waals surface area contributed by atoms with Gasteiger partial charge in [0.1, 0.15) is 17.6 Å². The highest BCUT2D eigenvalue weighted by Gasteiger charge is 2.31. The fourth-order valence-electron chi connectivity index (χ4n) is 3.90. The molecule has 0 saturated heterocycles. The fraction of sp³-hybridized carbons (Fsp3) is 0.286. The molecule has 1 N–H and O–H groups in total. The molecule has 0 fully saturated rings. The Bertz CT molecular complexity index is 1100. The second-order valence-electron chi connectivity index (χ2n) is 8.33. The topological polar surface area (TPSA) is 58.6 Å². The molecule has 0 heterocycles. The normalized spacial score (nSPS) is 11.5. The number of likely N-dealkylation sites (N-methyl/N-ethyl adjacent to an activating group) is 1. The van der Waals surface area contributed by atoms with Crippen molar-refractivity contribution in [1.82, 2.24) is 10.2 Å². The minimum atomic E-state index is -0.822. The van der Waals surface area contributed by atoms with E-state index in [1.807, 2.05) is 69.3 Å². The molecule has 6 heteroatoms. The van der Waals surface area contributed by atoms with Crippen LogP contribution in [0.2, 0.25) is 0 Å². The lowest BCUT2D eigenvalue weighted by Crippen LogP contribution is -2.51. The molecule has 2 amide bonds. The van der Waals surface area contributed by atoms with Gasteiger partial charge in [0, 0.05) is 25.1 Å². The van der Waals surface area contributed by atoms with Gasteiger partial charge >= 0.3 is 0 Å². The van der Waals surface area contributed by atoms with Crippen LogP contribution in [0.4, 0.5) is 4.39 Å². The molecular weight excluding hydrogens is 431 g/mol. The Morgan fingerprint density at radius 2 is 1.62 bits per heavy atom. The van der Waals surface area contributed by atoms with E-state index >= 15 is 0 Å². The van der Waals surface area contributed by atoms with Crippen molar-refractivity contribution in [2.45, 2.75) is 39.8 Å². The van der Waals surface area contributed by atoms with Crippen LogP contribution in [-0.2, 0) is 22.6 Å². The number of rotatable bonds is 10. The van der Waals surface area contributed by atoms with Gasteiger partial charge in [-0.05, 0) is 55.7 Å². The van der Waals surface area contributed by atoms with Crippen LogP contribution in [0.5, 0.6) is 5.75 Å². The van der Waals surface area contributed by atoms with Crippen LogP contribution < -0.4 is 10.1 Å². The number of halogens is 1. The van der Waals surface area contributed by atoms with Crippen molar-refractivity contribution >= 4 is 11.8 Å². The molecule has 0 aliphatic rings. The van der Waals surface area contributed by atoms with Crippen molar-refractivity contribution in [2.24, 2.45) is 0 Å². The van der Waals surface area contributed by atoms with Gasteiger partial charge in [-0.25, -0.2) is 4.39 Å². The molecular formula is C28H31FN2O3. The van der Waals surface area contributed by atoms with Crippen LogP contribution >= 0.6 is 0 Å². The Hall–Kier alpha value is -3.67. The smallest absolute Gasteiger partial charge is 0.261 e. The zero-order valence-corrected chi connectivity index (χ0v) is 19.9. The Morgan fingerprint density at radius 3 is 2.26 bits per heavy atom. The monoisotopic (exact) mass is 462 g/mol. The molecule has 1 atom stereocenters. The first kappa shape index (κ1) is 25.0. The average Bonchev–Trinajstić information content (AvgIpc) is 2.81. The number of benzene rings is 3. The second kappa shape index (κ2) is 12.0. The summed E-state index contributed by atoms with van der Waals surface area (Å²) in [5.74, 6) is -0.531. The van der Waals surface area contributed by atoms with E-state index in [-0.39, 0.29) is 19.1 Å². The lowest BCUT2D eigenvalue weighted by molar-refractivity contribution is -0.142. The first-order chi connectivity index (χ1) is 16.4. The maximum atomic E-state index is 14.5. The maximum absolute atomic E-state index is 14.5. The molecule has 3 rings (SSSR count). The van der Waals surface area contributed by atoms with Crippen molar-refractivity contribution < 1.29 is 18.7 Å². The molecule has 0 radical (unpaired) electrons. The summed E-state index contributed by atoms with van der Waals surface area (Å²) >= 11 is 0. The summed E-state index contributed by atoms with van der Waals surface area (Å²) in [7, 11) is 0. The quantitative estimate of drug-likeness (QED) is 0.479. The predicted molar refractivity (Wildman–Crippen MR) is 131 cm³/mol. The van der Waals surface area contributed by atoms with E-state index in [9.17, 15) is 14.0 Å². The second-order valence-corrected chi connectivity index (χ2v) is 8.33. The van der Waals surface area contributed by atoms with Gasteiger partial charge in [-0.15, -0.1) is 0 Å². The first-order valence-electron chi connectivity index (χ1n) is 11.4. The van der Waals surface area contributed by atoms with Crippen molar-refractivity contribution in [3.63, 3.8) is 0 Å². The minimum Gasteiger partial charge on any atom is -0.484 e. The summed E-state index contributed by atoms with van der Waals surface area (Å²) in [5.41, 5.74) is 3.29. The van der Waals surface area contributed by atoms with Gasteiger partial charge in [-0.3, -0.25) is 9.59 Å². The van der Waals surface area contributed by atoms with Gasteiger partial charge in [0.25, 0.3) is 5.91 Å². The first-order valence-corrected chi connectivity index (χ1v) is 11.4. The summed E-state index contributed by atoms with van der Waals surface area (Å²) in [6, 6.07) is 20.7. The molecule has 0 bridgehead atoms. The number of ether oxygens (including phenoxy) is 1. The number of aryl methyl sites for hydroxylation is 2. The standard InChI is InChI=1S/C28H31FN2O3/c1-4-30-28(33)26(17-22-10-6-5-7-11-22)31(18-23-12-8-9-13-25(23)29)27(32)19-34-24-15-20(2)14-21(3)16-24/h5-16,26H,4,17-19H2,1-3H3,(H,30,33)/t26-/m0/s1. The van der Waals surface area contributed by atoms with Crippen molar-refractivity contribution in [3.8, 4) is 5.75 Å². The molecule has 0 aromatic heterocycles. The van der Waals surface area contributed by atoms with Gasteiger partial charge < -0.3 is 15.0 Å². The van der Waals surface area contributed by atoms with Crippen LogP contribution in [0.3, 0.4) is 0 Å². The molecule has 0 aliphatic heterocycles. The van der Waals surface area contributed by atoms with E-state index in [0.717, 1.165) is 16.7 Å². The number of carbonyl (C=O) groups is 2. The van der Waals surface area contributed by atoms with E-state index in [1.165, 1.54) is 11.0 Å². The molecule has 0 spiro atoms. The Labute approximate surface area is 200 Å². The van der Waals surface area contributed by atoms with Gasteiger partial charge in [0.15, 0.2) is 6.61 Å². The average molecular weight is 463 g/mol. The zero-order valence-electron chi connectivity index (χ0n) is 19.9. The Balaban J connectivity index is 1.91. The molecule has 0 aliphatic carbocycles. The van der Waals surface area contributed by atoms with Crippen molar-refractivity contribution in [1.29, 1.82) is 0 Å². The van der Waals surface area contributed by atoms with Crippen LogP contribution in [-0.4, -0.2) is 35.9 Å². The van der Waals surface area contributed by atoms with E-state index in [2.05, 4.69) is 5.32 Å². The number of hydrogen-bond acceptors (Lipinski definition) is 3. The highest BCUT2D eigenvalue weighted by molar-refractivity contribution is 5.88. The largest absolute Gasteiger partial charge is 0.484 e. The number of amides is 2. The molecule has 0 unspecified atom stereocenters. The summed E-state index contributed by atoms with van der Waals surface area (Å²) in [6.07, 6.45) is 0.302. The molecule has 3 aromatic rings. The van der Waals surface area contributed by atoms with Gasteiger partial charge in [-0.2, -0.15) is 0 Å². The van der Waals surface area contributed by atoms with Crippen LogP contribution in [0, 0.1) is 19.7 Å². The fourth-order valence-corrected chi connectivity index (χ4v) is 3.90. The Kier molecular flexibility index (Phi) is 8.79. The molecule has 178 valence electrons. The summed E-state index contributed by atoms with van der Waals surface area (Å²) in [4.78, 5) is 27.9. The number of nitrogens with zero attached hydrogens (tertiary/aromatic N) is 1. The van der Waals surface area contributed by atoms with E-state index in [0.29, 0.717) is 24.3 Å². The highest BCUT2D eigenvalue weighted by atomic mass is 19.1. The van der Waals surface area contributed by atoms with Gasteiger partial charge in [0.2, 0.25) is 5.91 Å². The zero-order chi connectivity index (χ0) is 24.5. The summed E-state index contributed by atoms with van der Waals surface area (Å²) < 4.78 is 20.3. The number of nitrogens with one attached hydrogen (secondary N) is 1. The minimum absolute atomic E-state index is 0.0453. The molecule has 0 saturated carbocycles. The SMILES string of the molecule is CCNC(=O)[C@H](Cc1ccccc1)N(Cc1ccccc1F)C(=O)COc1cc(C)cc(C)c1. The Morgan fingerprint density at radius 1 is 0.971 bits per heavy atom. The molecule has 5 nitrogen and oxygen atoms in total. The number of carbonyl (C=O) groups excluding carboxylic acids is 2. The summed E-state index contributed by atoms with van der Waals surface area (Å²) in [6.45, 7) is 5.85. The van der Waals surface area contributed by atoms with E-state index < -0.39 is 17.8 Å². The van der Waals surface area contributed by atoms with E-state index in [1.54, 1.807) is 18.2 Å². The van der Waals surface area contributed by atoms with Gasteiger partial charge in [-0.1, -0.05) is 54.6 Å². The van der Waals surface area contributed by atoms with Crippen molar-refractivity contribution in [2.75, 3.05) is 13.2 Å². The third kappa shape index (κ3) is 6.91. The predicted octanol–water partition coefficient (Wildman–Crippen LogP) is 4.60. The van der Waals surface area contributed by atoms with E-state index in [4.69, 9.17) is 4.74 Å². The van der Waals surface area contributed by atoms with Gasteiger partial charge in [0.05, 0.1) is 0 Å². The number of hydrogen-bond donors (Lipinski definition) is 1. The van der Waals surface area contributed by atoms with Crippen LogP contribution in [0.25, 0.3) is 0 Å². The maximum Gasteiger partial charge on any atom is 0.261 e.